The minimum Gasteiger partial charge on any atom is -0.377 e. The van der Waals surface area contributed by atoms with Crippen LogP contribution < -0.4 is 10.0 Å². The standard InChI is InChI=1S/C22H34N4O5S/c1-22(2,3)24-20(27)16-25-10-12-26(13-11-25)21(28)17-6-8-19(9-7-17)32(29,30)23-15-18-5-4-14-31-18/h6-9,18,23H,4-5,10-16H2,1-3H3,(H,24,27). The number of rotatable bonds is 7. The molecule has 0 aromatic heterocycles. The molecule has 1 atom stereocenters. The molecule has 0 radical (unpaired) electrons. The van der Waals surface area contributed by atoms with Gasteiger partial charge < -0.3 is 15.0 Å². The summed E-state index contributed by atoms with van der Waals surface area (Å²) in [5.41, 5.74) is 0.177. The molecule has 3 rings (SSSR count). The number of piperazine rings is 1. The highest BCUT2D eigenvalue weighted by Crippen LogP contribution is 2.16. The third-order valence-corrected chi connectivity index (χ3v) is 6.92. The second-order valence-corrected chi connectivity index (χ2v) is 11.1. The van der Waals surface area contributed by atoms with Crippen molar-refractivity contribution in [1.82, 2.24) is 19.8 Å². The summed E-state index contributed by atoms with van der Waals surface area (Å²) in [6.07, 6.45) is 1.72. The van der Waals surface area contributed by atoms with Gasteiger partial charge in [0.15, 0.2) is 0 Å². The van der Waals surface area contributed by atoms with Crippen LogP contribution in [-0.4, -0.2) is 87.6 Å². The Morgan fingerprint density at radius 2 is 1.75 bits per heavy atom. The molecule has 2 heterocycles. The number of nitrogens with one attached hydrogen (secondary N) is 2. The van der Waals surface area contributed by atoms with Crippen LogP contribution in [0.3, 0.4) is 0 Å². The number of ether oxygens (including phenoxy) is 1. The summed E-state index contributed by atoms with van der Waals surface area (Å²) in [6.45, 7) is 9.32. The zero-order valence-corrected chi connectivity index (χ0v) is 19.9. The van der Waals surface area contributed by atoms with Gasteiger partial charge in [-0.05, 0) is 57.9 Å². The van der Waals surface area contributed by atoms with Gasteiger partial charge in [-0.2, -0.15) is 0 Å². The van der Waals surface area contributed by atoms with Crippen LogP contribution >= 0.6 is 0 Å². The average Bonchev–Trinajstić information content (AvgIpc) is 3.25. The van der Waals surface area contributed by atoms with Crippen molar-refractivity contribution >= 4 is 21.8 Å². The molecule has 1 aromatic carbocycles. The first-order valence-corrected chi connectivity index (χ1v) is 12.6. The lowest BCUT2D eigenvalue weighted by molar-refractivity contribution is -0.124. The van der Waals surface area contributed by atoms with Crippen molar-refractivity contribution in [3.05, 3.63) is 29.8 Å². The van der Waals surface area contributed by atoms with E-state index in [4.69, 9.17) is 4.74 Å². The highest BCUT2D eigenvalue weighted by atomic mass is 32.2. The highest BCUT2D eigenvalue weighted by Gasteiger charge is 2.25. The fourth-order valence-corrected chi connectivity index (χ4v) is 4.89. The lowest BCUT2D eigenvalue weighted by Gasteiger charge is -2.35. The van der Waals surface area contributed by atoms with E-state index in [-0.39, 0.29) is 34.9 Å². The molecule has 2 N–H and O–H groups in total. The molecular weight excluding hydrogens is 432 g/mol. The molecule has 10 heteroatoms. The average molecular weight is 467 g/mol. The van der Waals surface area contributed by atoms with E-state index in [1.807, 2.05) is 25.7 Å². The van der Waals surface area contributed by atoms with Gasteiger partial charge in [-0.3, -0.25) is 14.5 Å². The molecule has 178 valence electrons. The smallest absolute Gasteiger partial charge is 0.253 e. The van der Waals surface area contributed by atoms with Gasteiger partial charge in [-0.15, -0.1) is 0 Å². The topological polar surface area (TPSA) is 108 Å². The quantitative estimate of drug-likeness (QED) is 0.616. The molecule has 2 saturated heterocycles. The summed E-state index contributed by atoms with van der Waals surface area (Å²) in [7, 11) is -3.65. The molecule has 0 bridgehead atoms. The Bertz CT molecular complexity index is 897. The lowest BCUT2D eigenvalue weighted by atomic mass is 10.1. The number of carbonyl (C=O) groups is 2. The van der Waals surface area contributed by atoms with Crippen LogP contribution in [0.4, 0.5) is 0 Å². The van der Waals surface area contributed by atoms with Crippen LogP contribution in [-0.2, 0) is 19.6 Å². The van der Waals surface area contributed by atoms with Gasteiger partial charge in [0.1, 0.15) is 0 Å². The zero-order chi connectivity index (χ0) is 23.4. The Morgan fingerprint density at radius 3 is 2.31 bits per heavy atom. The normalized spacial score (nSPS) is 20.3. The first-order valence-electron chi connectivity index (χ1n) is 11.1. The van der Waals surface area contributed by atoms with Crippen molar-refractivity contribution in [2.24, 2.45) is 0 Å². The lowest BCUT2D eigenvalue weighted by Crippen LogP contribution is -2.52. The van der Waals surface area contributed by atoms with Crippen LogP contribution in [0.1, 0.15) is 44.0 Å². The van der Waals surface area contributed by atoms with Gasteiger partial charge in [-0.1, -0.05) is 0 Å². The van der Waals surface area contributed by atoms with Gasteiger partial charge >= 0.3 is 0 Å². The first kappa shape index (κ1) is 24.6. The van der Waals surface area contributed by atoms with Crippen LogP contribution in [0.25, 0.3) is 0 Å². The Kier molecular flexibility index (Phi) is 7.92. The minimum atomic E-state index is -3.65. The molecule has 2 fully saturated rings. The predicted octanol–water partition coefficient (Wildman–Crippen LogP) is 0.816. The van der Waals surface area contributed by atoms with Crippen LogP contribution in [0.2, 0.25) is 0 Å². The second-order valence-electron chi connectivity index (χ2n) is 9.38. The SMILES string of the molecule is CC(C)(C)NC(=O)CN1CCN(C(=O)c2ccc(S(=O)(=O)NCC3CCCO3)cc2)CC1. The summed E-state index contributed by atoms with van der Waals surface area (Å²) in [4.78, 5) is 28.8. The highest BCUT2D eigenvalue weighted by molar-refractivity contribution is 7.89. The number of amides is 2. The minimum absolute atomic E-state index is 0.0258. The van der Waals surface area contributed by atoms with Crippen molar-refractivity contribution in [2.45, 2.75) is 50.2 Å². The maximum atomic E-state index is 12.8. The Balaban J connectivity index is 1.50. The maximum absolute atomic E-state index is 12.8. The van der Waals surface area contributed by atoms with E-state index in [0.717, 1.165) is 12.8 Å². The van der Waals surface area contributed by atoms with Crippen molar-refractivity contribution < 1.29 is 22.7 Å². The third-order valence-electron chi connectivity index (χ3n) is 5.48. The summed E-state index contributed by atoms with van der Waals surface area (Å²) < 4.78 is 33.0. The number of sulfonamides is 1. The molecular formula is C22H34N4O5S. The first-order chi connectivity index (χ1) is 15.0. The van der Waals surface area contributed by atoms with Gasteiger partial charge in [0.25, 0.3) is 5.91 Å². The molecule has 1 unspecified atom stereocenters. The summed E-state index contributed by atoms with van der Waals surface area (Å²) in [5.74, 6) is -0.165. The summed E-state index contributed by atoms with van der Waals surface area (Å²) in [5, 5.41) is 2.95. The van der Waals surface area contributed by atoms with Crippen molar-refractivity contribution in [3.63, 3.8) is 0 Å². The maximum Gasteiger partial charge on any atom is 0.253 e. The summed E-state index contributed by atoms with van der Waals surface area (Å²) >= 11 is 0. The van der Waals surface area contributed by atoms with Crippen molar-refractivity contribution in [1.29, 1.82) is 0 Å². The van der Waals surface area contributed by atoms with Crippen LogP contribution in [0.15, 0.2) is 29.2 Å². The monoisotopic (exact) mass is 466 g/mol. The number of carbonyl (C=O) groups excluding carboxylic acids is 2. The van der Waals surface area contributed by atoms with E-state index < -0.39 is 10.0 Å². The third kappa shape index (κ3) is 6.99. The van der Waals surface area contributed by atoms with E-state index in [0.29, 0.717) is 44.9 Å². The molecule has 2 aliphatic rings. The number of nitrogens with zero attached hydrogens (tertiary/aromatic N) is 2. The molecule has 32 heavy (non-hydrogen) atoms. The molecule has 9 nitrogen and oxygen atoms in total. The zero-order valence-electron chi connectivity index (χ0n) is 19.1. The van der Waals surface area contributed by atoms with E-state index in [1.165, 1.54) is 12.1 Å². The van der Waals surface area contributed by atoms with E-state index >= 15 is 0 Å². The van der Waals surface area contributed by atoms with Gasteiger partial charge in [-0.25, -0.2) is 13.1 Å². The molecule has 2 aliphatic heterocycles. The summed E-state index contributed by atoms with van der Waals surface area (Å²) in [6, 6.07) is 6.01. The molecule has 2 amide bonds. The fourth-order valence-electron chi connectivity index (χ4n) is 3.82. The number of hydrogen-bond acceptors (Lipinski definition) is 6. The predicted molar refractivity (Wildman–Crippen MR) is 121 cm³/mol. The number of hydrogen-bond donors (Lipinski definition) is 2. The number of benzene rings is 1. The van der Waals surface area contributed by atoms with Crippen molar-refractivity contribution in [2.75, 3.05) is 45.9 Å². The van der Waals surface area contributed by atoms with Crippen LogP contribution in [0, 0.1) is 0 Å². The van der Waals surface area contributed by atoms with Gasteiger partial charge in [0.05, 0.1) is 17.5 Å². The van der Waals surface area contributed by atoms with Gasteiger partial charge in [0, 0.05) is 50.4 Å². The fraction of sp³-hybridized carbons (Fsp3) is 0.636. The molecule has 1 aromatic rings. The largest absolute Gasteiger partial charge is 0.377 e. The molecule has 0 saturated carbocycles. The van der Waals surface area contributed by atoms with Gasteiger partial charge in [0.2, 0.25) is 15.9 Å². The molecule has 0 aliphatic carbocycles. The Labute approximate surface area is 190 Å². The van der Waals surface area contributed by atoms with E-state index in [1.54, 1.807) is 17.0 Å². The Hall–Kier alpha value is -2.01. The van der Waals surface area contributed by atoms with Crippen molar-refractivity contribution in [3.8, 4) is 0 Å². The molecule has 0 spiro atoms. The van der Waals surface area contributed by atoms with E-state index in [9.17, 15) is 18.0 Å². The Morgan fingerprint density at radius 1 is 1.09 bits per heavy atom. The van der Waals surface area contributed by atoms with E-state index in [2.05, 4.69) is 10.0 Å². The second kappa shape index (κ2) is 10.3. The van der Waals surface area contributed by atoms with Crippen LogP contribution in [0.5, 0.6) is 0 Å².